The molecule has 0 aromatic carbocycles. The molecule has 0 saturated carbocycles. The molecule has 14 heavy (non-hydrogen) atoms. The van der Waals surface area contributed by atoms with Crippen LogP contribution in [0, 0.1) is 18.3 Å². The molecular formula is C9H8F2N2O. The molecule has 5 heteroatoms. The van der Waals surface area contributed by atoms with Crippen LogP contribution in [0.5, 0.6) is 5.75 Å². The maximum Gasteiger partial charge on any atom is 0.280 e. The van der Waals surface area contributed by atoms with E-state index in [4.69, 9.17) is 10.00 Å². The summed E-state index contributed by atoms with van der Waals surface area (Å²) < 4.78 is 29.4. The van der Waals surface area contributed by atoms with Crippen molar-refractivity contribution in [1.82, 2.24) is 4.98 Å². The lowest BCUT2D eigenvalue weighted by atomic mass is 10.2. The van der Waals surface area contributed by atoms with Crippen LogP contribution in [-0.2, 0) is 0 Å². The molecule has 0 bridgehead atoms. The SMILES string of the molecule is COc1c(C#N)cc(C(F)F)nc1C. The number of ether oxygens (including phenoxy) is 1. The zero-order valence-electron chi connectivity index (χ0n) is 7.71. The molecule has 1 aromatic rings. The number of alkyl halides is 2. The Kier molecular flexibility index (Phi) is 2.97. The van der Waals surface area contributed by atoms with Gasteiger partial charge in [-0.1, -0.05) is 0 Å². The molecular weight excluding hydrogens is 190 g/mol. The van der Waals surface area contributed by atoms with E-state index in [0.29, 0.717) is 5.69 Å². The largest absolute Gasteiger partial charge is 0.493 e. The lowest BCUT2D eigenvalue weighted by molar-refractivity contribution is 0.145. The molecule has 74 valence electrons. The molecule has 3 nitrogen and oxygen atoms in total. The van der Waals surface area contributed by atoms with Gasteiger partial charge in [0.2, 0.25) is 0 Å². The second kappa shape index (κ2) is 4.01. The van der Waals surface area contributed by atoms with E-state index in [9.17, 15) is 8.78 Å². The summed E-state index contributed by atoms with van der Waals surface area (Å²) in [6, 6.07) is 2.82. The minimum atomic E-state index is -2.67. The number of pyridine rings is 1. The van der Waals surface area contributed by atoms with Gasteiger partial charge in [-0.2, -0.15) is 5.26 Å². The molecule has 0 radical (unpaired) electrons. The van der Waals surface area contributed by atoms with E-state index in [-0.39, 0.29) is 11.3 Å². The lowest BCUT2D eigenvalue weighted by Gasteiger charge is -2.07. The predicted octanol–water partition coefficient (Wildman–Crippen LogP) is 2.21. The highest BCUT2D eigenvalue weighted by molar-refractivity contribution is 5.46. The van der Waals surface area contributed by atoms with Crippen molar-refractivity contribution < 1.29 is 13.5 Å². The molecule has 1 heterocycles. The summed E-state index contributed by atoms with van der Waals surface area (Å²) in [5, 5.41) is 8.68. The number of nitriles is 1. The van der Waals surface area contributed by atoms with Crippen molar-refractivity contribution in [1.29, 1.82) is 5.26 Å². The summed E-state index contributed by atoms with van der Waals surface area (Å²) in [6.45, 7) is 1.52. The number of halogens is 2. The van der Waals surface area contributed by atoms with Crippen LogP contribution in [0.3, 0.4) is 0 Å². The van der Waals surface area contributed by atoms with Gasteiger partial charge in [0, 0.05) is 0 Å². The summed E-state index contributed by atoms with van der Waals surface area (Å²) in [6.07, 6.45) is -2.67. The monoisotopic (exact) mass is 198 g/mol. The van der Waals surface area contributed by atoms with Gasteiger partial charge >= 0.3 is 0 Å². The van der Waals surface area contributed by atoms with Crippen molar-refractivity contribution in [3.05, 3.63) is 23.0 Å². The Balaban J connectivity index is 3.33. The highest BCUT2D eigenvalue weighted by Crippen LogP contribution is 2.26. The van der Waals surface area contributed by atoms with Crippen LogP contribution >= 0.6 is 0 Å². The van der Waals surface area contributed by atoms with E-state index >= 15 is 0 Å². The third-order valence-electron chi connectivity index (χ3n) is 1.71. The first-order chi connectivity index (χ1) is 6.60. The Morgan fingerprint density at radius 1 is 1.57 bits per heavy atom. The van der Waals surface area contributed by atoms with E-state index in [2.05, 4.69) is 4.98 Å². The number of methoxy groups -OCH3 is 1. The van der Waals surface area contributed by atoms with Crippen LogP contribution in [0.2, 0.25) is 0 Å². The van der Waals surface area contributed by atoms with Crippen molar-refractivity contribution in [3.8, 4) is 11.8 Å². The van der Waals surface area contributed by atoms with Gasteiger partial charge in [0.15, 0.2) is 5.75 Å². The van der Waals surface area contributed by atoms with E-state index in [1.54, 1.807) is 6.07 Å². The molecule has 0 unspecified atom stereocenters. The van der Waals surface area contributed by atoms with Crippen molar-refractivity contribution in [2.45, 2.75) is 13.3 Å². The average molecular weight is 198 g/mol. The normalized spacial score (nSPS) is 10.0. The van der Waals surface area contributed by atoms with Gasteiger partial charge < -0.3 is 4.74 Å². The van der Waals surface area contributed by atoms with Gasteiger partial charge in [-0.15, -0.1) is 0 Å². The molecule has 1 rings (SSSR count). The Hall–Kier alpha value is -1.70. The van der Waals surface area contributed by atoms with Gasteiger partial charge in [-0.3, -0.25) is 0 Å². The molecule has 1 aromatic heterocycles. The predicted molar refractivity (Wildman–Crippen MR) is 45.2 cm³/mol. The molecule has 0 amide bonds. The fraction of sp³-hybridized carbons (Fsp3) is 0.333. The van der Waals surface area contributed by atoms with Crippen LogP contribution in [0.25, 0.3) is 0 Å². The van der Waals surface area contributed by atoms with Gasteiger partial charge in [0.1, 0.15) is 11.8 Å². The van der Waals surface area contributed by atoms with Crippen molar-refractivity contribution in [2.24, 2.45) is 0 Å². The van der Waals surface area contributed by atoms with Gasteiger partial charge in [0.25, 0.3) is 6.43 Å². The number of aryl methyl sites for hydroxylation is 1. The number of hydrogen-bond acceptors (Lipinski definition) is 3. The van der Waals surface area contributed by atoms with Gasteiger partial charge in [-0.05, 0) is 13.0 Å². The maximum atomic E-state index is 12.3. The lowest BCUT2D eigenvalue weighted by Crippen LogP contribution is -1.99. The highest BCUT2D eigenvalue weighted by atomic mass is 19.3. The smallest absolute Gasteiger partial charge is 0.280 e. The maximum absolute atomic E-state index is 12.3. The second-order valence-electron chi connectivity index (χ2n) is 2.63. The average Bonchev–Trinajstić information content (AvgIpc) is 2.16. The van der Waals surface area contributed by atoms with Crippen molar-refractivity contribution in [3.63, 3.8) is 0 Å². The summed E-state index contributed by atoms with van der Waals surface area (Å²) in [7, 11) is 1.37. The highest BCUT2D eigenvalue weighted by Gasteiger charge is 2.15. The topological polar surface area (TPSA) is 45.9 Å². The number of aromatic nitrogens is 1. The zero-order chi connectivity index (χ0) is 10.7. The quantitative estimate of drug-likeness (QED) is 0.731. The van der Waals surface area contributed by atoms with Crippen LogP contribution in [0.4, 0.5) is 8.78 Å². The Labute approximate surface area is 79.9 Å². The summed E-state index contributed by atoms with van der Waals surface area (Å²) in [5.41, 5.74) is -0.0306. The Morgan fingerprint density at radius 3 is 2.64 bits per heavy atom. The van der Waals surface area contributed by atoms with E-state index in [1.807, 2.05) is 0 Å². The van der Waals surface area contributed by atoms with Gasteiger partial charge in [-0.25, -0.2) is 13.8 Å². The third kappa shape index (κ3) is 1.79. The van der Waals surface area contributed by atoms with Crippen LogP contribution in [0.15, 0.2) is 6.07 Å². The Morgan fingerprint density at radius 2 is 2.21 bits per heavy atom. The first-order valence-electron chi connectivity index (χ1n) is 3.84. The summed E-state index contributed by atoms with van der Waals surface area (Å²) in [4.78, 5) is 3.63. The minimum Gasteiger partial charge on any atom is -0.493 e. The van der Waals surface area contributed by atoms with E-state index in [0.717, 1.165) is 6.07 Å². The third-order valence-corrected chi connectivity index (χ3v) is 1.71. The molecule has 0 aliphatic heterocycles. The summed E-state index contributed by atoms with van der Waals surface area (Å²) >= 11 is 0. The fourth-order valence-electron chi connectivity index (χ4n) is 1.14. The summed E-state index contributed by atoms with van der Waals surface area (Å²) in [5.74, 6) is 0.247. The first kappa shape index (κ1) is 10.4. The van der Waals surface area contributed by atoms with Crippen molar-refractivity contribution in [2.75, 3.05) is 7.11 Å². The molecule has 0 fully saturated rings. The number of rotatable bonds is 2. The molecule has 0 atom stereocenters. The van der Waals surface area contributed by atoms with E-state index in [1.165, 1.54) is 14.0 Å². The van der Waals surface area contributed by atoms with Crippen LogP contribution < -0.4 is 4.74 Å². The minimum absolute atomic E-state index is 0.0790. The van der Waals surface area contributed by atoms with Crippen molar-refractivity contribution >= 4 is 0 Å². The zero-order valence-corrected chi connectivity index (χ0v) is 7.71. The Bertz CT molecular complexity index is 385. The molecule has 0 spiro atoms. The molecule has 0 N–H and O–H groups in total. The number of hydrogen-bond donors (Lipinski definition) is 0. The van der Waals surface area contributed by atoms with E-state index < -0.39 is 12.1 Å². The molecule has 0 aliphatic rings. The standard InChI is InChI=1S/C9H8F2N2O/c1-5-8(14-2)6(4-12)3-7(13-5)9(10)11/h3,9H,1-2H3. The first-order valence-corrected chi connectivity index (χ1v) is 3.84. The molecule has 0 saturated heterocycles. The molecule has 0 aliphatic carbocycles. The van der Waals surface area contributed by atoms with Crippen LogP contribution in [0.1, 0.15) is 23.4 Å². The fourth-order valence-corrected chi connectivity index (χ4v) is 1.14. The second-order valence-corrected chi connectivity index (χ2v) is 2.63. The van der Waals surface area contributed by atoms with Crippen LogP contribution in [-0.4, -0.2) is 12.1 Å². The number of nitrogens with zero attached hydrogens (tertiary/aromatic N) is 2. The van der Waals surface area contributed by atoms with Gasteiger partial charge in [0.05, 0.1) is 18.4 Å².